The normalized spacial score (nSPS) is 12.5. The van der Waals surface area contributed by atoms with Crippen LogP contribution in [-0.2, 0) is 11.0 Å². The summed E-state index contributed by atoms with van der Waals surface area (Å²) in [4.78, 5) is 26.6. The Bertz CT molecular complexity index is 870. The Morgan fingerprint density at radius 2 is 2.00 bits per heavy atom. The second-order valence-corrected chi connectivity index (χ2v) is 12.3. The predicted molar refractivity (Wildman–Crippen MR) is 97.5 cm³/mol. The van der Waals surface area contributed by atoms with E-state index in [9.17, 15) is 20.0 Å². The molecule has 0 fully saturated rings. The minimum Gasteiger partial charge on any atom is -0.503 e. The fraction of sp³-hybridized carbons (Fsp3) is 0.500. The van der Waals surface area contributed by atoms with Crippen LogP contribution in [0.2, 0.25) is 18.1 Å². The van der Waals surface area contributed by atoms with E-state index in [0.717, 1.165) is 6.20 Å². The van der Waals surface area contributed by atoms with Gasteiger partial charge in [0, 0.05) is 18.0 Å². The Labute approximate surface area is 146 Å². The number of aromatic nitrogens is 2. The van der Waals surface area contributed by atoms with Gasteiger partial charge in [-0.05, 0) is 24.2 Å². The smallest absolute Gasteiger partial charge is 0.294 e. The summed E-state index contributed by atoms with van der Waals surface area (Å²) >= 11 is 0. The molecule has 0 spiro atoms. The molecule has 0 saturated carbocycles. The molecule has 0 aromatic carbocycles. The summed E-state index contributed by atoms with van der Waals surface area (Å²) in [5.74, 6) is -0.470. The summed E-state index contributed by atoms with van der Waals surface area (Å²) in [5, 5.41) is 21.1. The summed E-state index contributed by atoms with van der Waals surface area (Å²) in [6, 6.07) is 2.48. The molecule has 0 bridgehead atoms. The molecule has 8 nitrogen and oxygen atoms in total. The molecule has 136 valence electrons. The summed E-state index contributed by atoms with van der Waals surface area (Å²) in [6.45, 7) is 11.1. The molecule has 9 heteroatoms. The molecule has 0 saturated heterocycles. The van der Waals surface area contributed by atoms with E-state index in [1.165, 1.54) is 16.7 Å². The van der Waals surface area contributed by atoms with Crippen molar-refractivity contribution in [3.8, 4) is 5.75 Å². The zero-order valence-electron chi connectivity index (χ0n) is 15.1. The first-order chi connectivity index (χ1) is 11.4. The van der Waals surface area contributed by atoms with Crippen LogP contribution in [-0.4, -0.2) is 34.5 Å². The van der Waals surface area contributed by atoms with Crippen molar-refractivity contribution in [2.24, 2.45) is 0 Å². The SMILES string of the molecule is CC(C)(C)[Si](C)(C)OCCn1c(=O)c(O)cc2cc([N+](=O)[O-])cnc21. The van der Waals surface area contributed by atoms with Crippen LogP contribution in [0.1, 0.15) is 20.8 Å². The molecule has 2 aromatic rings. The Balaban J connectivity index is 2.36. The van der Waals surface area contributed by atoms with Gasteiger partial charge < -0.3 is 9.53 Å². The van der Waals surface area contributed by atoms with Gasteiger partial charge >= 0.3 is 0 Å². The van der Waals surface area contributed by atoms with E-state index < -0.39 is 24.5 Å². The molecule has 1 N–H and O–H groups in total. The molecule has 2 rings (SSSR count). The summed E-state index contributed by atoms with van der Waals surface area (Å²) < 4.78 is 7.36. The van der Waals surface area contributed by atoms with Crippen LogP contribution in [0.25, 0.3) is 11.0 Å². The molecule has 25 heavy (non-hydrogen) atoms. The third-order valence-electron chi connectivity index (χ3n) is 4.69. The number of nitro groups is 1. The molecule has 0 radical (unpaired) electrons. The van der Waals surface area contributed by atoms with Gasteiger partial charge in [0.25, 0.3) is 11.2 Å². The van der Waals surface area contributed by atoms with Crippen molar-refractivity contribution in [1.82, 2.24) is 9.55 Å². The highest BCUT2D eigenvalue weighted by Gasteiger charge is 2.36. The number of rotatable bonds is 5. The lowest BCUT2D eigenvalue weighted by molar-refractivity contribution is -0.385. The fourth-order valence-corrected chi connectivity index (χ4v) is 3.19. The first kappa shape index (κ1) is 19.1. The number of aromatic hydroxyl groups is 1. The maximum atomic E-state index is 12.2. The third kappa shape index (κ3) is 3.88. The van der Waals surface area contributed by atoms with Crippen LogP contribution in [0.4, 0.5) is 5.69 Å². The van der Waals surface area contributed by atoms with E-state index in [2.05, 4.69) is 38.8 Å². The fourth-order valence-electron chi connectivity index (χ4n) is 2.15. The van der Waals surface area contributed by atoms with Crippen LogP contribution in [0, 0.1) is 10.1 Å². The Morgan fingerprint density at radius 1 is 1.36 bits per heavy atom. The molecule has 0 amide bonds. The van der Waals surface area contributed by atoms with Crippen molar-refractivity contribution in [3.05, 3.63) is 38.8 Å². The van der Waals surface area contributed by atoms with Crippen molar-refractivity contribution in [2.45, 2.75) is 45.4 Å². The van der Waals surface area contributed by atoms with E-state index >= 15 is 0 Å². The minimum absolute atomic E-state index is 0.0394. The van der Waals surface area contributed by atoms with Gasteiger partial charge in [-0.25, -0.2) is 4.98 Å². The molecule has 0 unspecified atom stereocenters. The monoisotopic (exact) mass is 365 g/mol. The quantitative estimate of drug-likeness (QED) is 0.496. The number of pyridine rings is 2. The second kappa shape index (κ2) is 6.56. The Hall–Kier alpha value is -2.26. The summed E-state index contributed by atoms with van der Waals surface area (Å²) in [6.07, 6.45) is 1.10. The van der Waals surface area contributed by atoms with E-state index in [4.69, 9.17) is 4.43 Å². The lowest BCUT2D eigenvalue weighted by Crippen LogP contribution is -2.41. The molecule has 0 aliphatic rings. The average Bonchev–Trinajstić information content (AvgIpc) is 2.49. The van der Waals surface area contributed by atoms with Crippen LogP contribution in [0.3, 0.4) is 0 Å². The van der Waals surface area contributed by atoms with Gasteiger partial charge in [0.1, 0.15) is 11.8 Å². The van der Waals surface area contributed by atoms with Gasteiger partial charge in [-0.15, -0.1) is 0 Å². The third-order valence-corrected chi connectivity index (χ3v) is 9.23. The highest BCUT2D eigenvalue weighted by molar-refractivity contribution is 6.74. The van der Waals surface area contributed by atoms with Gasteiger partial charge in [0.15, 0.2) is 14.1 Å². The van der Waals surface area contributed by atoms with Gasteiger partial charge in [-0.3, -0.25) is 19.5 Å². The maximum Gasteiger partial charge on any atom is 0.294 e. The largest absolute Gasteiger partial charge is 0.503 e. The summed E-state index contributed by atoms with van der Waals surface area (Å²) in [5.41, 5.74) is -0.505. The van der Waals surface area contributed by atoms with Gasteiger partial charge in [0.2, 0.25) is 0 Å². The molecule has 0 atom stereocenters. The number of hydrogen-bond acceptors (Lipinski definition) is 6. The van der Waals surface area contributed by atoms with Crippen LogP contribution in [0.5, 0.6) is 5.75 Å². The minimum atomic E-state index is -1.97. The summed E-state index contributed by atoms with van der Waals surface area (Å²) in [7, 11) is -1.97. The standard InChI is InChI=1S/C16H23N3O5Si/c1-16(2,3)25(4,5)24-7-6-18-14-11(9-13(20)15(18)21)8-12(10-17-14)19(22)23/h8-10,20H,6-7H2,1-5H3. The Kier molecular flexibility index (Phi) is 5.01. The highest BCUT2D eigenvalue weighted by Crippen LogP contribution is 2.36. The van der Waals surface area contributed by atoms with Gasteiger partial charge in [0.05, 0.1) is 11.5 Å². The van der Waals surface area contributed by atoms with Crippen molar-refractivity contribution >= 4 is 25.0 Å². The van der Waals surface area contributed by atoms with Gasteiger partial charge in [-0.1, -0.05) is 20.8 Å². The maximum absolute atomic E-state index is 12.2. The van der Waals surface area contributed by atoms with Crippen LogP contribution >= 0.6 is 0 Å². The van der Waals surface area contributed by atoms with Crippen molar-refractivity contribution in [1.29, 1.82) is 0 Å². The molecule has 0 aliphatic carbocycles. The van der Waals surface area contributed by atoms with Gasteiger partial charge in [-0.2, -0.15) is 0 Å². The van der Waals surface area contributed by atoms with E-state index in [0.29, 0.717) is 12.0 Å². The van der Waals surface area contributed by atoms with Crippen LogP contribution < -0.4 is 5.56 Å². The van der Waals surface area contributed by atoms with E-state index in [1.54, 1.807) is 0 Å². The number of hydrogen-bond donors (Lipinski definition) is 1. The Morgan fingerprint density at radius 3 is 2.56 bits per heavy atom. The first-order valence-corrected chi connectivity index (χ1v) is 10.9. The lowest BCUT2D eigenvalue weighted by atomic mass is 10.2. The van der Waals surface area contributed by atoms with E-state index in [-0.39, 0.29) is 22.9 Å². The zero-order valence-corrected chi connectivity index (χ0v) is 16.1. The lowest BCUT2D eigenvalue weighted by Gasteiger charge is -2.36. The van der Waals surface area contributed by atoms with Crippen molar-refractivity contribution in [2.75, 3.05) is 6.61 Å². The number of nitrogens with zero attached hydrogens (tertiary/aromatic N) is 3. The van der Waals surface area contributed by atoms with E-state index in [1.807, 2.05) is 0 Å². The molecular formula is C16H23N3O5Si. The zero-order chi connectivity index (χ0) is 19.0. The molecule has 2 heterocycles. The first-order valence-electron chi connectivity index (χ1n) is 7.95. The number of fused-ring (bicyclic) bond motifs is 1. The van der Waals surface area contributed by atoms with Crippen molar-refractivity contribution < 1.29 is 14.5 Å². The molecular weight excluding hydrogens is 342 g/mol. The molecule has 0 aliphatic heterocycles. The topological polar surface area (TPSA) is 107 Å². The average molecular weight is 365 g/mol. The highest BCUT2D eigenvalue weighted by atomic mass is 28.4. The van der Waals surface area contributed by atoms with Crippen LogP contribution in [0.15, 0.2) is 23.1 Å². The molecule has 2 aromatic heterocycles. The predicted octanol–water partition coefficient (Wildman–Crippen LogP) is 3.03. The second-order valence-electron chi connectivity index (χ2n) is 7.46. The van der Waals surface area contributed by atoms with Crippen molar-refractivity contribution in [3.63, 3.8) is 0 Å².